The van der Waals surface area contributed by atoms with Crippen molar-refractivity contribution in [3.05, 3.63) is 109 Å². The first-order valence-corrected chi connectivity index (χ1v) is 13.0. The van der Waals surface area contributed by atoms with Crippen LogP contribution in [0.2, 0.25) is 0 Å². The Balaban J connectivity index is 2.19. The van der Waals surface area contributed by atoms with Gasteiger partial charge in [0.1, 0.15) is 15.9 Å². The summed E-state index contributed by atoms with van der Waals surface area (Å²) in [6.07, 6.45) is 5.65. The van der Waals surface area contributed by atoms with Gasteiger partial charge in [0.2, 0.25) is 0 Å². The summed E-state index contributed by atoms with van der Waals surface area (Å²) in [6, 6.07) is 26.3. The van der Waals surface area contributed by atoms with E-state index in [1.807, 2.05) is 18.2 Å². The molecule has 0 unspecified atom stereocenters. The Morgan fingerprint density at radius 3 is 0.923 bits per heavy atom. The second-order valence-corrected chi connectivity index (χ2v) is 13.0. The van der Waals surface area contributed by atoms with Crippen LogP contribution in [-0.4, -0.2) is 0 Å². The highest BCUT2D eigenvalue weighted by Gasteiger charge is 2.43. The summed E-state index contributed by atoms with van der Waals surface area (Å²) in [4.78, 5) is -1.75. The van der Waals surface area contributed by atoms with Gasteiger partial charge in [0.05, 0.1) is 0 Å². The molecule has 0 bridgehead atoms. The van der Waals surface area contributed by atoms with Crippen molar-refractivity contribution in [3.63, 3.8) is 0 Å². The summed E-state index contributed by atoms with van der Waals surface area (Å²) in [7, 11) is 0. The molecular formula is C24H21IP+. The van der Waals surface area contributed by atoms with E-state index in [9.17, 15) is 0 Å². The zero-order valence-corrected chi connectivity index (χ0v) is 17.7. The monoisotopic (exact) mass is 467 g/mol. The molecule has 0 atom stereocenters. The summed E-state index contributed by atoms with van der Waals surface area (Å²) in [5.74, 6) is 0. The number of benzene rings is 3. The molecule has 0 aliphatic rings. The molecule has 0 fully saturated rings. The largest absolute Gasteiger partial charge is 0.173 e. The predicted molar refractivity (Wildman–Crippen MR) is 129 cm³/mol. The molecule has 26 heavy (non-hydrogen) atoms. The maximum absolute atomic E-state index is 3.87. The summed E-state index contributed by atoms with van der Waals surface area (Å²) in [6.45, 7) is 11.6. The summed E-state index contributed by atoms with van der Waals surface area (Å²) >= 11 is 2.68. The van der Waals surface area contributed by atoms with Crippen molar-refractivity contribution >= 4 is 61.1 Å². The Kier molecular flexibility index (Phi) is 5.90. The highest BCUT2D eigenvalue weighted by Crippen LogP contribution is 2.63. The molecule has 0 saturated carbocycles. The van der Waals surface area contributed by atoms with Crippen molar-refractivity contribution in [3.8, 4) is 0 Å². The molecule has 0 spiro atoms. The maximum Gasteiger partial charge on any atom is 0.173 e. The Labute approximate surface area is 169 Å². The molecule has 0 N–H and O–H groups in total. The maximum atomic E-state index is 3.87. The van der Waals surface area contributed by atoms with E-state index in [2.05, 4.69) is 115 Å². The molecule has 0 amide bonds. The molecule has 2 heteroatoms. The minimum atomic E-state index is -1.75. The lowest BCUT2D eigenvalue weighted by Crippen LogP contribution is -2.26. The zero-order chi connectivity index (χ0) is 18.6. The lowest BCUT2D eigenvalue weighted by molar-refractivity contribution is 1.68. The van der Waals surface area contributed by atoms with Gasteiger partial charge in [0, 0.05) is 0 Å². The summed E-state index contributed by atoms with van der Waals surface area (Å²) in [5, 5.41) is 4.05. The van der Waals surface area contributed by atoms with Crippen molar-refractivity contribution in [1.29, 1.82) is 0 Å². The van der Waals surface area contributed by atoms with Crippen molar-refractivity contribution in [2.24, 2.45) is 0 Å². The number of hydrogen-bond acceptors (Lipinski definition) is 0. The smallest absolute Gasteiger partial charge is 0.0985 e. The van der Waals surface area contributed by atoms with Gasteiger partial charge in [-0.1, -0.05) is 74.4 Å². The Bertz CT molecular complexity index is 794. The van der Waals surface area contributed by atoms with Gasteiger partial charge in [-0.2, -0.15) is 0 Å². The van der Waals surface area contributed by atoms with E-state index in [-0.39, 0.29) is 0 Å². The molecule has 0 aliphatic heterocycles. The molecule has 0 nitrogen and oxygen atoms in total. The van der Waals surface area contributed by atoms with Gasteiger partial charge in [-0.25, -0.2) is 0 Å². The van der Waals surface area contributed by atoms with Gasteiger partial charge in [-0.05, 0) is 53.1 Å². The van der Waals surface area contributed by atoms with E-state index in [1.165, 1.54) is 15.9 Å². The molecule has 128 valence electrons. The van der Waals surface area contributed by atoms with Crippen LogP contribution in [-0.2, 0) is 0 Å². The quantitative estimate of drug-likeness (QED) is 0.297. The van der Waals surface area contributed by atoms with Crippen LogP contribution in [0.4, 0.5) is 0 Å². The molecule has 0 saturated heterocycles. The SMILES string of the molecule is C=Cc1ccc([P+](I)(c2ccc(C=C)cc2)c2ccc(C=C)cc2)cc1. The zero-order valence-electron chi connectivity index (χ0n) is 14.6. The van der Waals surface area contributed by atoms with Crippen LogP contribution in [0.5, 0.6) is 0 Å². The minimum absolute atomic E-state index is 1.14. The second kappa shape index (κ2) is 8.16. The molecular weight excluding hydrogens is 446 g/mol. The fraction of sp³-hybridized carbons (Fsp3) is 0. The average molecular weight is 467 g/mol. The standard InChI is InChI=1S/C24H21IP/c1-4-19-7-13-22(14-8-19)26(25,23-15-9-20(5-2)10-16-23)24-17-11-21(6-3)12-18-24/h4-18H,1-3H2/q+1. The van der Waals surface area contributed by atoms with Crippen molar-refractivity contribution in [2.45, 2.75) is 0 Å². The van der Waals surface area contributed by atoms with Crippen LogP contribution in [0.25, 0.3) is 18.2 Å². The van der Waals surface area contributed by atoms with Crippen LogP contribution in [0.1, 0.15) is 16.7 Å². The third kappa shape index (κ3) is 3.60. The number of hydrogen-bond donors (Lipinski definition) is 0. The van der Waals surface area contributed by atoms with E-state index >= 15 is 0 Å². The van der Waals surface area contributed by atoms with Crippen molar-refractivity contribution < 1.29 is 0 Å². The third-order valence-corrected chi connectivity index (χ3v) is 12.5. The van der Waals surface area contributed by atoms with Gasteiger partial charge >= 0.3 is 0 Å². The number of rotatable bonds is 6. The van der Waals surface area contributed by atoms with E-state index in [1.54, 1.807) is 0 Å². The first-order valence-electron chi connectivity index (χ1n) is 8.39. The van der Waals surface area contributed by atoms with Gasteiger partial charge in [0.15, 0.2) is 26.9 Å². The van der Waals surface area contributed by atoms with Gasteiger partial charge in [0.25, 0.3) is 0 Å². The van der Waals surface area contributed by atoms with E-state index in [0.29, 0.717) is 0 Å². The first kappa shape index (κ1) is 18.8. The van der Waals surface area contributed by atoms with E-state index < -0.39 is 4.90 Å². The predicted octanol–water partition coefficient (Wildman–Crippen LogP) is 6.26. The van der Waals surface area contributed by atoms with Gasteiger partial charge < -0.3 is 0 Å². The van der Waals surface area contributed by atoms with E-state index in [4.69, 9.17) is 0 Å². The molecule has 0 heterocycles. The number of halogens is 1. The lowest BCUT2D eigenvalue weighted by Gasteiger charge is -2.20. The average Bonchev–Trinajstić information content (AvgIpc) is 2.73. The van der Waals surface area contributed by atoms with E-state index in [0.717, 1.165) is 16.7 Å². The van der Waals surface area contributed by atoms with Gasteiger partial charge in [-0.3, -0.25) is 0 Å². The Hall–Kier alpha value is -1.96. The Morgan fingerprint density at radius 2 is 0.731 bits per heavy atom. The normalized spacial score (nSPS) is 11.0. The Morgan fingerprint density at radius 1 is 0.500 bits per heavy atom. The van der Waals surface area contributed by atoms with Crippen LogP contribution in [0, 0.1) is 0 Å². The van der Waals surface area contributed by atoms with Crippen LogP contribution in [0.3, 0.4) is 0 Å². The van der Waals surface area contributed by atoms with Crippen LogP contribution >= 0.6 is 26.9 Å². The molecule has 3 aromatic rings. The fourth-order valence-corrected chi connectivity index (χ4v) is 8.36. The molecule has 3 rings (SSSR count). The summed E-state index contributed by atoms with van der Waals surface area (Å²) < 4.78 is 0. The minimum Gasteiger partial charge on any atom is -0.0985 e. The topological polar surface area (TPSA) is 0 Å². The molecule has 0 aromatic heterocycles. The van der Waals surface area contributed by atoms with Crippen LogP contribution < -0.4 is 15.9 Å². The highest BCUT2D eigenvalue weighted by molar-refractivity contribution is 14.2. The third-order valence-electron chi connectivity index (χ3n) is 4.45. The lowest BCUT2D eigenvalue weighted by atomic mass is 10.2. The molecule has 3 aromatic carbocycles. The van der Waals surface area contributed by atoms with Crippen LogP contribution in [0.15, 0.2) is 92.5 Å². The van der Waals surface area contributed by atoms with Crippen molar-refractivity contribution in [2.75, 3.05) is 0 Å². The highest BCUT2D eigenvalue weighted by atomic mass is 127. The van der Waals surface area contributed by atoms with Crippen molar-refractivity contribution in [1.82, 2.24) is 0 Å². The molecule has 0 radical (unpaired) electrons. The first-order chi connectivity index (χ1) is 12.6. The second-order valence-electron chi connectivity index (χ2n) is 5.98. The van der Waals surface area contributed by atoms with Gasteiger partial charge in [-0.15, -0.1) is 0 Å². The molecule has 0 aliphatic carbocycles. The summed E-state index contributed by atoms with van der Waals surface area (Å²) in [5.41, 5.74) is 3.42. The fourth-order valence-electron chi connectivity index (χ4n) is 2.89.